The lowest BCUT2D eigenvalue weighted by molar-refractivity contribution is 0.188. The monoisotopic (exact) mass is 473 g/mol. The molecule has 1 aliphatic heterocycles. The van der Waals surface area contributed by atoms with Crippen molar-refractivity contribution in [2.45, 2.75) is 38.6 Å². The van der Waals surface area contributed by atoms with Crippen LogP contribution in [0.1, 0.15) is 54.5 Å². The van der Waals surface area contributed by atoms with E-state index in [1.54, 1.807) is 12.1 Å². The van der Waals surface area contributed by atoms with Crippen LogP contribution in [0.2, 0.25) is 5.02 Å². The summed E-state index contributed by atoms with van der Waals surface area (Å²) in [5.74, 6) is 1.38. The number of benzene rings is 3. The molecule has 6 heteroatoms. The predicted octanol–water partition coefficient (Wildman–Crippen LogP) is 7.03. The molecular formula is C28H28ClN3O2. The molecule has 0 bridgehead atoms. The number of fused-ring (bicyclic) bond motifs is 3. The Labute approximate surface area is 205 Å². The van der Waals surface area contributed by atoms with Gasteiger partial charge >= 0.3 is 6.03 Å². The fourth-order valence-corrected chi connectivity index (χ4v) is 5.05. The molecule has 3 aromatic rings. The van der Waals surface area contributed by atoms with Crippen LogP contribution in [-0.4, -0.2) is 23.9 Å². The summed E-state index contributed by atoms with van der Waals surface area (Å²) in [7, 11) is 1.68. The van der Waals surface area contributed by atoms with Gasteiger partial charge in [-0.2, -0.15) is 5.10 Å². The molecule has 0 spiro atoms. The molecule has 1 N–H and O–H groups in total. The fraction of sp³-hybridized carbons (Fsp3) is 0.286. The average Bonchev–Trinajstić information content (AvgIpc) is 3.24. The van der Waals surface area contributed by atoms with Crippen molar-refractivity contribution in [2.75, 3.05) is 12.4 Å². The number of hydrogen-bond donors (Lipinski definition) is 1. The van der Waals surface area contributed by atoms with Crippen LogP contribution in [0.25, 0.3) is 0 Å². The molecule has 174 valence electrons. The van der Waals surface area contributed by atoms with E-state index in [1.807, 2.05) is 42.5 Å². The normalized spacial score (nSPS) is 18.9. The average molecular weight is 474 g/mol. The van der Waals surface area contributed by atoms with Gasteiger partial charge in [-0.3, -0.25) is 0 Å². The molecule has 2 aliphatic rings. The third-order valence-electron chi connectivity index (χ3n) is 6.77. The fourth-order valence-electron chi connectivity index (χ4n) is 4.92. The van der Waals surface area contributed by atoms with Gasteiger partial charge in [-0.25, -0.2) is 9.80 Å². The van der Waals surface area contributed by atoms with Gasteiger partial charge in [0, 0.05) is 22.2 Å². The van der Waals surface area contributed by atoms with Gasteiger partial charge in [-0.15, -0.1) is 0 Å². The van der Waals surface area contributed by atoms with Gasteiger partial charge in [0.25, 0.3) is 0 Å². The van der Waals surface area contributed by atoms with Crippen LogP contribution in [0.3, 0.4) is 0 Å². The number of carbonyl (C=O) groups excluding carboxylic acids is 1. The van der Waals surface area contributed by atoms with Gasteiger partial charge in [0.15, 0.2) is 0 Å². The highest BCUT2D eigenvalue weighted by Crippen LogP contribution is 2.44. The van der Waals surface area contributed by atoms with E-state index in [0.717, 1.165) is 41.1 Å². The third kappa shape index (κ3) is 4.16. The van der Waals surface area contributed by atoms with E-state index >= 15 is 0 Å². The van der Waals surface area contributed by atoms with Crippen molar-refractivity contribution in [1.82, 2.24) is 5.01 Å². The number of ether oxygens (including phenoxy) is 1. The van der Waals surface area contributed by atoms with E-state index in [-0.39, 0.29) is 18.0 Å². The molecule has 34 heavy (non-hydrogen) atoms. The van der Waals surface area contributed by atoms with Crippen molar-refractivity contribution in [3.05, 3.63) is 94.0 Å². The molecule has 0 aromatic heterocycles. The second-order valence-electron chi connectivity index (χ2n) is 9.20. The van der Waals surface area contributed by atoms with Crippen LogP contribution in [0.4, 0.5) is 10.5 Å². The maximum atomic E-state index is 13.5. The minimum Gasteiger partial charge on any atom is -0.497 e. The van der Waals surface area contributed by atoms with Gasteiger partial charge in [-0.1, -0.05) is 49.7 Å². The highest BCUT2D eigenvalue weighted by atomic mass is 35.5. The third-order valence-corrected chi connectivity index (χ3v) is 7.02. The Balaban J connectivity index is 1.50. The highest BCUT2D eigenvalue weighted by Gasteiger charge is 2.44. The summed E-state index contributed by atoms with van der Waals surface area (Å²) in [6.07, 6.45) is 1.81. The van der Waals surface area contributed by atoms with Gasteiger partial charge in [0.2, 0.25) is 0 Å². The number of amides is 2. The Bertz CT molecular complexity index is 1240. The molecular weight excluding hydrogens is 446 g/mol. The van der Waals surface area contributed by atoms with Crippen LogP contribution < -0.4 is 10.1 Å². The molecule has 0 unspecified atom stereocenters. The number of aryl methyl sites for hydroxylation is 1. The smallest absolute Gasteiger partial charge is 0.342 e. The number of carbonyl (C=O) groups is 1. The molecule has 1 aliphatic carbocycles. The van der Waals surface area contributed by atoms with Crippen LogP contribution in [0, 0.1) is 5.92 Å². The molecule has 3 aromatic carbocycles. The van der Waals surface area contributed by atoms with Crippen LogP contribution >= 0.6 is 11.6 Å². The maximum Gasteiger partial charge on any atom is 0.342 e. The molecule has 0 radical (unpaired) electrons. The minimum absolute atomic E-state index is 0.108. The van der Waals surface area contributed by atoms with E-state index in [9.17, 15) is 4.79 Å². The molecule has 5 rings (SSSR count). The Morgan fingerprint density at radius 1 is 1.09 bits per heavy atom. The lowest BCUT2D eigenvalue weighted by Crippen LogP contribution is -2.34. The van der Waals surface area contributed by atoms with Crippen molar-refractivity contribution < 1.29 is 9.53 Å². The number of halogens is 1. The summed E-state index contributed by atoms with van der Waals surface area (Å²) in [5.41, 5.74) is 6.26. The van der Waals surface area contributed by atoms with Crippen molar-refractivity contribution in [1.29, 1.82) is 0 Å². The zero-order valence-corrected chi connectivity index (χ0v) is 20.3. The number of urea groups is 1. The molecule has 2 atom stereocenters. The molecule has 0 saturated carbocycles. The lowest BCUT2D eigenvalue weighted by Gasteiger charge is -2.30. The van der Waals surface area contributed by atoms with Crippen molar-refractivity contribution in [2.24, 2.45) is 11.0 Å². The number of anilines is 1. The van der Waals surface area contributed by atoms with Gasteiger partial charge in [0.1, 0.15) is 5.75 Å². The summed E-state index contributed by atoms with van der Waals surface area (Å²) in [4.78, 5) is 13.5. The number of methoxy groups -OCH3 is 1. The van der Waals surface area contributed by atoms with Crippen molar-refractivity contribution >= 4 is 29.0 Å². The summed E-state index contributed by atoms with van der Waals surface area (Å²) in [6.45, 7) is 4.31. The minimum atomic E-state index is -0.241. The summed E-state index contributed by atoms with van der Waals surface area (Å²) in [6, 6.07) is 21.4. The second-order valence-corrected chi connectivity index (χ2v) is 9.64. The Morgan fingerprint density at radius 2 is 1.82 bits per heavy atom. The molecule has 1 heterocycles. The topological polar surface area (TPSA) is 53.9 Å². The van der Waals surface area contributed by atoms with Gasteiger partial charge in [0.05, 0.1) is 18.9 Å². The van der Waals surface area contributed by atoms with Crippen molar-refractivity contribution in [3.8, 4) is 5.75 Å². The first kappa shape index (κ1) is 22.5. The van der Waals surface area contributed by atoms with E-state index < -0.39 is 0 Å². The van der Waals surface area contributed by atoms with Crippen LogP contribution in [-0.2, 0) is 6.42 Å². The largest absolute Gasteiger partial charge is 0.497 e. The number of nitrogens with one attached hydrogen (secondary N) is 1. The number of rotatable bonds is 4. The van der Waals surface area contributed by atoms with Crippen LogP contribution in [0.5, 0.6) is 5.75 Å². The molecule has 5 nitrogen and oxygen atoms in total. The van der Waals surface area contributed by atoms with Crippen molar-refractivity contribution in [3.63, 3.8) is 0 Å². The Hall–Kier alpha value is -3.31. The van der Waals surface area contributed by atoms with E-state index in [1.165, 1.54) is 11.1 Å². The molecule has 0 fully saturated rings. The molecule has 0 saturated heterocycles. The standard InChI is InChI=1S/C28H28ClN3O2/c1-17(2)18-6-11-22(12-7-18)30-28(33)32-27(19-4-9-21(29)10-5-19)25-14-8-20-16-23(34-3)13-15-24(20)26(25)31-32/h4-7,9-13,15-17,25,27H,8,14H2,1-3H3,(H,30,33)/t25-,27-/m1/s1. The number of hydrazone groups is 1. The predicted molar refractivity (Wildman–Crippen MR) is 137 cm³/mol. The number of hydrogen-bond acceptors (Lipinski definition) is 3. The number of nitrogens with zero attached hydrogens (tertiary/aromatic N) is 2. The lowest BCUT2D eigenvalue weighted by atomic mass is 9.77. The maximum absolute atomic E-state index is 13.5. The first-order valence-corrected chi connectivity index (χ1v) is 12.0. The second kappa shape index (κ2) is 9.15. The highest BCUT2D eigenvalue weighted by molar-refractivity contribution is 6.30. The Kier molecular flexibility index (Phi) is 6.05. The quantitative estimate of drug-likeness (QED) is 0.442. The van der Waals surface area contributed by atoms with E-state index in [4.69, 9.17) is 21.4 Å². The van der Waals surface area contributed by atoms with Gasteiger partial charge < -0.3 is 10.1 Å². The Morgan fingerprint density at radius 3 is 2.50 bits per heavy atom. The first-order chi connectivity index (χ1) is 16.4. The zero-order valence-electron chi connectivity index (χ0n) is 19.6. The summed E-state index contributed by atoms with van der Waals surface area (Å²) >= 11 is 6.16. The van der Waals surface area contributed by atoms with Crippen LogP contribution in [0.15, 0.2) is 71.8 Å². The van der Waals surface area contributed by atoms with E-state index in [0.29, 0.717) is 10.9 Å². The molecule has 2 amide bonds. The van der Waals surface area contributed by atoms with Gasteiger partial charge in [-0.05, 0) is 77.9 Å². The first-order valence-electron chi connectivity index (χ1n) is 11.7. The summed E-state index contributed by atoms with van der Waals surface area (Å²) < 4.78 is 5.42. The zero-order chi connectivity index (χ0) is 23.8. The SMILES string of the molecule is COc1ccc2c(c1)CC[C@@H]1C2=NN(C(=O)Nc2ccc(C(C)C)cc2)[C@@H]1c1ccc(Cl)cc1. The van der Waals surface area contributed by atoms with E-state index in [2.05, 4.69) is 43.4 Å². The summed E-state index contributed by atoms with van der Waals surface area (Å²) in [5, 5.41) is 10.2.